The fourth-order valence-electron chi connectivity index (χ4n) is 10.7. The molecule has 0 radical (unpaired) electrons. The summed E-state index contributed by atoms with van der Waals surface area (Å²) in [5.74, 6) is 6.89. The fourth-order valence-corrected chi connectivity index (χ4v) is 11.7. The first-order valence-corrected chi connectivity index (χ1v) is 17.4. The second-order valence-electron chi connectivity index (χ2n) is 14.7. The second kappa shape index (κ2) is 9.95. The number of fused-ring (bicyclic) bond motifs is 9. The predicted octanol–water partition coefficient (Wildman–Crippen LogP) is 8.04. The molecule has 1 aromatic carbocycles. The average Bonchev–Trinajstić information content (AvgIpc) is 2.90. The van der Waals surface area contributed by atoms with Gasteiger partial charge in [0.25, 0.3) is 10.1 Å². The van der Waals surface area contributed by atoms with Crippen molar-refractivity contribution >= 4 is 10.1 Å². The van der Waals surface area contributed by atoms with Crippen molar-refractivity contribution in [3.63, 3.8) is 0 Å². The van der Waals surface area contributed by atoms with E-state index in [-0.39, 0.29) is 0 Å². The van der Waals surface area contributed by atoms with Crippen molar-refractivity contribution in [2.24, 2.45) is 53.3 Å². The van der Waals surface area contributed by atoms with Crippen LogP contribution >= 0.6 is 0 Å². The van der Waals surface area contributed by atoms with Gasteiger partial charge in [-0.1, -0.05) is 50.7 Å². The Morgan fingerprint density at radius 3 is 1.22 bits per heavy atom. The molecule has 0 spiro atoms. The molecule has 0 amide bonds. The third-order valence-corrected chi connectivity index (χ3v) is 13.6. The minimum atomic E-state index is -4.25. The van der Waals surface area contributed by atoms with Crippen LogP contribution in [0.5, 0.6) is 0 Å². The summed E-state index contributed by atoms with van der Waals surface area (Å²) < 4.78 is 36.7. The van der Waals surface area contributed by atoms with E-state index >= 15 is 0 Å². The Bertz CT molecular complexity index is 1030. The Balaban J connectivity index is 1.24. The van der Waals surface area contributed by atoms with Crippen molar-refractivity contribution in [1.82, 2.24) is 0 Å². The average molecular weight is 525 g/mol. The number of rotatable bonds is 7. The van der Waals surface area contributed by atoms with E-state index in [4.69, 9.17) is 0 Å². The molecule has 4 heteroatoms. The first kappa shape index (κ1) is 25.1. The van der Waals surface area contributed by atoms with Gasteiger partial charge in [0.2, 0.25) is 0 Å². The van der Waals surface area contributed by atoms with Crippen LogP contribution in [0.15, 0.2) is 17.0 Å². The Morgan fingerprint density at radius 1 is 0.568 bits per heavy atom. The molecule has 3 atom stereocenters. The molecule has 3 unspecified atom stereocenters. The SMILES string of the molecule is O=S(=O)(O)c1c(CC2CC3CCC2CC3)cc(CC2CC3CCC2CC3)cc1CC1CC2CCC1CC2. The highest BCUT2D eigenvalue weighted by Crippen LogP contribution is 2.50. The van der Waals surface area contributed by atoms with Gasteiger partial charge in [0.15, 0.2) is 0 Å². The second-order valence-corrected chi connectivity index (χ2v) is 16.0. The zero-order chi connectivity index (χ0) is 25.1. The molecule has 9 aliphatic carbocycles. The summed E-state index contributed by atoms with van der Waals surface area (Å²) in [5, 5.41) is 0. The van der Waals surface area contributed by atoms with Gasteiger partial charge in [-0.25, -0.2) is 0 Å². The highest BCUT2D eigenvalue weighted by atomic mass is 32.2. The molecule has 3 nitrogen and oxygen atoms in total. The first-order chi connectivity index (χ1) is 17.9. The molecule has 9 fully saturated rings. The van der Waals surface area contributed by atoms with Crippen LogP contribution in [-0.2, 0) is 29.4 Å². The van der Waals surface area contributed by atoms with Gasteiger partial charge in [-0.3, -0.25) is 4.55 Å². The van der Waals surface area contributed by atoms with Crippen molar-refractivity contribution in [1.29, 1.82) is 0 Å². The van der Waals surface area contributed by atoms with E-state index < -0.39 is 10.1 Å². The van der Waals surface area contributed by atoms with E-state index in [2.05, 4.69) is 12.1 Å². The van der Waals surface area contributed by atoms with Crippen LogP contribution in [0, 0.1) is 53.3 Å². The molecule has 10 rings (SSSR count). The lowest BCUT2D eigenvalue weighted by Gasteiger charge is -2.44. The van der Waals surface area contributed by atoms with Crippen LogP contribution in [0.2, 0.25) is 0 Å². The summed E-state index contributed by atoms with van der Waals surface area (Å²) in [5.41, 5.74) is 3.31. The van der Waals surface area contributed by atoms with Crippen molar-refractivity contribution in [2.75, 3.05) is 0 Å². The summed E-state index contributed by atoms with van der Waals surface area (Å²) >= 11 is 0. The maximum absolute atomic E-state index is 13.0. The molecule has 9 saturated carbocycles. The van der Waals surface area contributed by atoms with Gasteiger partial charge in [0, 0.05) is 0 Å². The van der Waals surface area contributed by atoms with Gasteiger partial charge in [-0.05, 0) is 147 Å². The minimum absolute atomic E-state index is 0.323. The number of benzene rings is 1. The van der Waals surface area contributed by atoms with Crippen molar-refractivity contribution in [3.05, 3.63) is 28.8 Å². The monoisotopic (exact) mass is 524 g/mol. The highest BCUT2D eigenvalue weighted by Gasteiger charge is 2.40. The van der Waals surface area contributed by atoms with Crippen LogP contribution < -0.4 is 0 Å². The first-order valence-electron chi connectivity index (χ1n) is 16.0. The van der Waals surface area contributed by atoms with Crippen molar-refractivity contribution in [3.8, 4) is 0 Å². The molecule has 1 aromatic rings. The predicted molar refractivity (Wildman–Crippen MR) is 148 cm³/mol. The Morgan fingerprint density at radius 2 is 0.919 bits per heavy atom. The molecule has 0 heterocycles. The molecule has 0 saturated heterocycles. The van der Waals surface area contributed by atoms with E-state index in [1.807, 2.05) is 0 Å². The van der Waals surface area contributed by atoms with Gasteiger partial charge >= 0.3 is 0 Å². The van der Waals surface area contributed by atoms with Gasteiger partial charge in [-0.2, -0.15) is 8.42 Å². The molecule has 37 heavy (non-hydrogen) atoms. The number of hydrogen-bond donors (Lipinski definition) is 1. The highest BCUT2D eigenvalue weighted by molar-refractivity contribution is 7.86. The molecule has 0 aliphatic heterocycles. The Kier molecular flexibility index (Phi) is 6.76. The standard InChI is InChI=1S/C33H48O3S/c34-37(35,36)33-31(19-29-14-22-3-9-26(29)10-4-22)17-24(16-28-13-21-1-7-25(28)8-2-21)18-32(33)20-30-15-23-5-11-27(30)12-6-23/h17-18,21-23,25-30H,1-16,19-20H2,(H,34,35,36). The largest absolute Gasteiger partial charge is 0.295 e. The number of hydrogen-bond acceptors (Lipinski definition) is 2. The smallest absolute Gasteiger partial charge is 0.282 e. The normalized spacial score (nSPS) is 40.8. The van der Waals surface area contributed by atoms with Gasteiger partial charge < -0.3 is 0 Å². The van der Waals surface area contributed by atoms with E-state index in [0.717, 1.165) is 71.8 Å². The lowest BCUT2D eigenvalue weighted by atomic mass is 9.62. The van der Waals surface area contributed by atoms with Crippen LogP contribution in [0.25, 0.3) is 0 Å². The van der Waals surface area contributed by atoms with E-state index in [1.165, 1.54) is 102 Å². The van der Waals surface area contributed by atoms with Crippen LogP contribution in [0.1, 0.15) is 113 Å². The fraction of sp³-hybridized carbons (Fsp3) is 0.818. The van der Waals surface area contributed by atoms with Gasteiger partial charge in [0.1, 0.15) is 4.90 Å². The summed E-state index contributed by atoms with van der Waals surface area (Å²) in [7, 11) is -4.25. The summed E-state index contributed by atoms with van der Waals surface area (Å²) in [6.45, 7) is 0. The molecular formula is C33H48O3S. The maximum atomic E-state index is 13.0. The topological polar surface area (TPSA) is 54.4 Å². The van der Waals surface area contributed by atoms with Crippen LogP contribution in [0.3, 0.4) is 0 Å². The molecular weight excluding hydrogens is 476 g/mol. The molecule has 204 valence electrons. The van der Waals surface area contributed by atoms with E-state index in [0.29, 0.717) is 16.7 Å². The van der Waals surface area contributed by atoms with E-state index in [1.54, 1.807) is 0 Å². The molecule has 1 N–H and O–H groups in total. The summed E-state index contributed by atoms with van der Waals surface area (Å²) in [6, 6.07) is 4.51. The summed E-state index contributed by atoms with van der Waals surface area (Å²) in [4.78, 5) is 0.323. The maximum Gasteiger partial charge on any atom is 0.295 e. The Hall–Kier alpha value is -0.870. The van der Waals surface area contributed by atoms with Crippen LogP contribution in [0.4, 0.5) is 0 Å². The molecule has 6 bridgehead atoms. The lowest BCUT2D eigenvalue weighted by molar-refractivity contribution is 0.0964. The molecule has 0 aromatic heterocycles. The molecule has 9 aliphatic rings. The summed E-state index contributed by atoms with van der Waals surface area (Å²) in [6.07, 6.45) is 23.1. The Labute approximate surface area is 225 Å². The quantitative estimate of drug-likeness (QED) is 0.367. The minimum Gasteiger partial charge on any atom is -0.282 e. The third-order valence-electron chi connectivity index (χ3n) is 12.6. The van der Waals surface area contributed by atoms with Crippen LogP contribution in [-0.4, -0.2) is 13.0 Å². The van der Waals surface area contributed by atoms with E-state index in [9.17, 15) is 13.0 Å². The zero-order valence-electron chi connectivity index (χ0n) is 22.8. The van der Waals surface area contributed by atoms with Crippen molar-refractivity contribution < 1.29 is 13.0 Å². The van der Waals surface area contributed by atoms with Crippen molar-refractivity contribution in [2.45, 2.75) is 120 Å². The third kappa shape index (κ3) is 5.08. The van der Waals surface area contributed by atoms with Gasteiger partial charge in [0.05, 0.1) is 0 Å². The zero-order valence-corrected chi connectivity index (χ0v) is 23.6. The van der Waals surface area contributed by atoms with Gasteiger partial charge in [-0.15, -0.1) is 0 Å². The lowest BCUT2D eigenvalue weighted by Crippen LogP contribution is -2.34.